The van der Waals surface area contributed by atoms with Gasteiger partial charge < -0.3 is 0 Å². The minimum Gasteiger partial charge on any atom is -0.299 e. The number of aromatic nitrogens is 2. The van der Waals surface area contributed by atoms with Crippen LogP contribution in [0.4, 0.5) is 8.78 Å². The molecule has 2 aromatic carbocycles. The molecule has 0 bridgehead atoms. The van der Waals surface area contributed by atoms with Crippen LogP contribution in [0, 0.1) is 18.6 Å². The molecule has 6 heteroatoms. The van der Waals surface area contributed by atoms with Gasteiger partial charge >= 0.3 is 0 Å². The van der Waals surface area contributed by atoms with E-state index in [4.69, 9.17) is 0 Å². The van der Waals surface area contributed by atoms with Crippen LogP contribution in [-0.2, 0) is 24.7 Å². The fraction of sp³-hybridized carbons (Fsp3) is 0.211. The number of benzene rings is 2. The highest BCUT2D eigenvalue weighted by Crippen LogP contribution is 2.17. The predicted molar refractivity (Wildman–Crippen MR) is 90.5 cm³/mol. The first-order chi connectivity index (χ1) is 11.9. The average Bonchev–Trinajstić information content (AvgIpc) is 2.57. The van der Waals surface area contributed by atoms with E-state index in [0.717, 1.165) is 0 Å². The summed E-state index contributed by atoms with van der Waals surface area (Å²) in [4.78, 5) is 24.5. The Morgan fingerprint density at radius 3 is 2.32 bits per heavy atom. The number of halogens is 2. The summed E-state index contributed by atoms with van der Waals surface area (Å²) in [6, 6.07) is 9.26. The fourth-order valence-corrected chi connectivity index (χ4v) is 2.78. The zero-order chi connectivity index (χ0) is 18.1. The first-order valence-electron chi connectivity index (χ1n) is 7.78. The number of hydrogen-bond donors (Lipinski definition) is 0. The highest BCUT2D eigenvalue weighted by atomic mass is 19.1. The molecule has 3 aromatic rings. The Labute approximate surface area is 142 Å². The lowest BCUT2D eigenvalue weighted by atomic mass is 10.0. The molecule has 0 spiro atoms. The molecular formula is C19H16F2N2O2. The average molecular weight is 342 g/mol. The molecule has 0 fully saturated rings. The molecule has 0 aliphatic carbocycles. The van der Waals surface area contributed by atoms with Crippen LogP contribution in [0.5, 0.6) is 0 Å². The molecule has 4 nitrogen and oxygen atoms in total. The summed E-state index contributed by atoms with van der Waals surface area (Å²) in [6.45, 7) is 1.34. The molecule has 1 aromatic heterocycles. The maximum Gasteiger partial charge on any atom is 0.274 e. The summed E-state index contributed by atoms with van der Waals surface area (Å²) in [5, 5.41) is 5.26. The SMILES string of the molecule is Cc1c(F)cc(CC(=O)Cc2nn(C)c(=O)c3ccccc23)cc1F. The summed E-state index contributed by atoms with van der Waals surface area (Å²) in [7, 11) is 1.52. The maximum absolute atomic E-state index is 13.6. The van der Waals surface area contributed by atoms with Crippen molar-refractivity contribution in [1.29, 1.82) is 0 Å². The largest absolute Gasteiger partial charge is 0.299 e. The molecule has 0 unspecified atom stereocenters. The van der Waals surface area contributed by atoms with Crippen LogP contribution in [0.25, 0.3) is 10.8 Å². The molecule has 0 saturated heterocycles. The zero-order valence-electron chi connectivity index (χ0n) is 13.8. The number of fused-ring (bicyclic) bond motifs is 1. The van der Waals surface area contributed by atoms with E-state index in [9.17, 15) is 18.4 Å². The van der Waals surface area contributed by atoms with Gasteiger partial charge in [-0.1, -0.05) is 18.2 Å². The fourth-order valence-electron chi connectivity index (χ4n) is 2.78. The molecule has 1 heterocycles. The maximum atomic E-state index is 13.6. The van der Waals surface area contributed by atoms with Gasteiger partial charge in [-0.05, 0) is 30.7 Å². The lowest BCUT2D eigenvalue weighted by Gasteiger charge is -2.08. The topological polar surface area (TPSA) is 52.0 Å². The monoisotopic (exact) mass is 342 g/mol. The van der Waals surface area contributed by atoms with Crippen LogP contribution in [0.2, 0.25) is 0 Å². The first kappa shape index (κ1) is 17.0. The summed E-state index contributed by atoms with van der Waals surface area (Å²) in [5.74, 6) is -1.58. The molecule has 128 valence electrons. The number of hydrogen-bond acceptors (Lipinski definition) is 3. The second-order valence-electron chi connectivity index (χ2n) is 6.00. The Hall–Kier alpha value is -2.89. The number of carbonyl (C=O) groups excluding carboxylic acids is 1. The standard InChI is InChI=1S/C19H16F2N2O2/c1-11-16(20)8-12(9-17(11)21)7-13(24)10-18-14-5-3-4-6-15(14)19(25)23(2)22-18/h3-6,8-9H,7,10H2,1-2H3. The molecule has 0 atom stereocenters. The van der Waals surface area contributed by atoms with Gasteiger partial charge in [0.2, 0.25) is 0 Å². The van der Waals surface area contributed by atoms with E-state index in [0.29, 0.717) is 16.5 Å². The van der Waals surface area contributed by atoms with Crippen molar-refractivity contribution in [3.63, 3.8) is 0 Å². The minimum absolute atomic E-state index is 0.0221. The Bertz CT molecular complexity index is 1020. The summed E-state index contributed by atoms with van der Waals surface area (Å²) in [6.07, 6.45) is -0.126. The van der Waals surface area contributed by atoms with E-state index in [1.807, 2.05) is 0 Å². The molecule has 3 rings (SSSR count). The van der Waals surface area contributed by atoms with E-state index in [2.05, 4.69) is 5.10 Å². The quantitative estimate of drug-likeness (QED) is 0.733. The van der Waals surface area contributed by atoms with Gasteiger partial charge in [0.1, 0.15) is 17.4 Å². The van der Waals surface area contributed by atoms with Crippen LogP contribution in [0.3, 0.4) is 0 Å². The van der Waals surface area contributed by atoms with Crippen molar-refractivity contribution in [3.8, 4) is 0 Å². The smallest absolute Gasteiger partial charge is 0.274 e. The van der Waals surface area contributed by atoms with Gasteiger partial charge in [0.25, 0.3) is 5.56 Å². The zero-order valence-corrected chi connectivity index (χ0v) is 13.8. The van der Waals surface area contributed by atoms with Gasteiger partial charge in [-0.2, -0.15) is 5.10 Å². The van der Waals surface area contributed by atoms with Crippen molar-refractivity contribution in [2.45, 2.75) is 19.8 Å². The van der Waals surface area contributed by atoms with Crippen molar-refractivity contribution in [2.24, 2.45) is 7.05 Å². The van der Waals surface area contributed by atoms with Crippen molar-refractivity contribution in [3.05, 3.63) is 75.2 Å². The van der Waals surface area contributed by atoms with Crippen molar-refractivity contribution < 1.29 is 13.6 Å². The van der Waals surface area contributed by atoms with E-state index in [1.54, 1.807) is 24.3 Å². The highest BCUT2D eigenvalue weighted by Gasteiger charge is 2.14. The van der Waals surface area contributed by atoms with Crippen LogP contribution in [0.1, 0.15) is 16.8 Å². The number of carbonyl (C=O) groups is 1. The molecule has 0 amide bonds. The van der Waals surface area contributed by atoms with Gasteiger partial charge in [0.15, 0.2) is 0 Å². The van der Waals surface area contributed by atoms with Crippen molar-refractivity contribution in [2.75, 3.05) is 0 Å². The Balaban J connectivity index is 1.90. The lowest BCUT2D eigenvalue weighted by molar-refractivity contribution is -0.117. The predicted octanol–water partition coefficient (Wildman–Crippen LogP) is 2.87. The van der Waals surface area contributed by atoms with Crippen LogP contribution >= 0.6 is 0 Å². The van der Waals surface area contributed by atoms with Crippen molar-refractivity contribution >= 4 is 16.6 Å². The van der Waals surface area contributed by atoms with Crippen LogP contribution < -0.4 is 5.56 Å². The van der Waals surface area contributed by atoms with Gasteiger partial charge in [-0.15, -0.1) is 0 Å². The second kappa shape index (κ2) is 6.55. The number of nitrogens with zero attached hydrogens (tertiary/aromatic N) is 2. The molecule has 0 radical (unpaired) electrons. The molecular weight excluding hydrogens is 326 g/mol. The summed E-state index contributed by atoms with van der Waals surface area (Å²) < 4.78 is 28.4. The second-order valence-corrected chi connectivity index (χ2v) is 6.00. The van der Waals surface area contributed by atoms with E-state index < -0.39 is 11.6 Å². The molecule has 0 aliphatic rings. The Morgan fingerprint density at radius 1 is 1.08 bits per heavy atom. The highest BCUT2D eigenvalue weighted by molar-refractivity contribution is 5.90. The number of aryl methyl sites for hydroxylation is 1. The lowest BCUT2D eigenvalue weighted by Crippen LogP contribution is -2.22. The van der Waals surface area contributed by atoms with E-state index >= 15 is 0 Å². The summed E-state index contributed by atoms with van der Waals surface area (Å²) >= 11 is 0. The van der Waals surface area contributed by atoms with Gasteiger partial charge in [0.05, 0.1) is 17.5 Å². The first-order valence-corrected chi connectivity index (χ1v) is 7.78. The molecule has 0 saturated carbocycles. The van der Waals surface area contributed by atoms with E-state index in [1.165, 1.54) is 30.8 Å². The molecule has 25 heavy (non-hydrogen) atoms. The molecule has 0 N–H and O–H groups in total. The third-order valence-electron chi connectivity index (χ3n) is 4.14. The number of ketones is 1. The number of Topliss-reactive ketones (excluding diaryl/α,β-unsaturated/α-hetero) is 1. The number of rotatable bonds is 4. The van der Waals surface area contributed by atoms with Gasteiger partial charge in [0, 0.05) is 24.4 Å². The Kier molecular flexibility index (Phi) is 4.44. The normalized spacial score (nSPS) is 11.0. The third-order valence-corrected chi connectivity index (χ3v) is 4.14. The minimum atomic E-state index is -0.673. The van der Waals surface area contributed by atoms with Crippen LogP contribution in [-0.4, -0.2) is 15.6 Å². The third kappa shape index (κ3) is 3.33. The van der Waals surface area contributed by atoms with Crippen molar-refractivity contribution in [1.82, 2.24) is 9.78 Å². The van der Waals surface area contributed by atoms with E-state index in [-0.39, 0.29) is 35.3 Å². The van der Waals surface area contributed by atoms with Gasteiger partial charge in [-0.3, -0.25) is 9.59 Å². The van der Waals surface area contributed by atoms with Gasteiger partial charge in [-0.25, -0.2) is 13.5 Å². The molecule has 0 aliphatic heterocycles. The Morgan fingerprint density at radius 2 is 1.68 bits per heavy atom. The van der Waals surface area contributed by atoms with Crippen LogP contribution in [0.15, 0.2) is 41.2 Å². The summed E-state index contributed by atoms with van der Waals surface area (Å²) in [5.41, 5.74) is 0.437.